The molecule has 2 aliphatic rings. The van der Waals surface area contributed by atoms with Crippen LogP contribution in [-0.2, 0) is 14.3 Å². The summed E-state index contributed by atoms with van der Waals surface area (Å²) in [5.41, 5.74) is 2.40. The molecule has 1 N–H and O–H groups in total. The first-order chi connectivity index (χ1) is 14.0. The maximum atomic E-state index is 13.0. The summed E-state index contributed by atoms with van der Waals surface area (Å²) in [4.78, 5) is 28.9. The number of hydrogen-bond acceptors (Lipinski definition) is 5. The van der Waals surface area contributed by atoms with Crippen molar-refractivity contribution in [2.24, 2.45) is 0 Å². The van der Waals surface area contributed by atoms with Gasteiger partial charge in [-0.3, -0.25) is 19.8 Å². The number of thiocarbonyl (C=S) groups is 1. The number of amides is 2. The fourth-order valence-corrected chi connectivity index (χ4v) is 3.66. The fourth-order valence-electron chi connectivity index (χ4n) is 3.25. The second kappa shape index (κ2) is 8.32. The molecule has 0 aliphatic carbocycles. The summed E-state index contributed by atoms with van der Waals surface area (Å²) < 4.78 is 5.38. The molecule has 2 aliphatic heterocycles. The van der Waals surface area contributed by atoms with Crippen LogP contribution in [0.2, 0.25) is 5.02 Å². The van der Waals surface area contributed by atoms with Crippen LogP contribution >= 0.6 is 23.8 Å². The third-order valence-corrected chi connectivity index (χ3v) is 5.30. The number of ether oxygens (including phenoxy) is 1. The molecule has 148 valence electrons. The quantitative estimate of drug-likeness (QED) is 0.463. The molecule has 0 saturated carbocycles. The van der Waals surface area contributed by atoms with Gasteiger partial charge in [-0.05, 0) is 60.3 Å². The zero-order chi connectivity index (χ0) is 20.4. The van der Waals surface area contributed by atoms with Crippen LogP contribution in [0, 0.1) is 0 Å². The van der Waals surface area contributed by atoms with Gasteiger partial charge in [-0.2, -0.15) is 0 Å². The minimum atomic E-state index is -0.512. The summed E-state index contributed by atoms with van der Waals surface area (Å²) in [6.07, 6.45) is 1.57. The molecule has 0 aromatic heterocycles. The molecule has 29 heavy (non-hydrogen) atoms. The Morgan fingerprint density at radius 2 is 1.59 bits per heavy atom. The van der Waals surface area contributed by atoms with Gasteiger partial charge in [0.15, 0.2) is 5.11 Å². The number of carbonyl (C=O) groups is 2. The van der Waals surface area contributed by atoms with Crippen LogP contribution in [0.4, 0.5) is 11.4 Å². The van der Waals surface area contributed by atoms with Gasteiger partial charge in [0.05, 0.1) is 18.9 Å². The summed E-state index contributed by atoms with van der Waals surface area (Å²) in [7, 11) is 0. The van der Waals surface area contributed by atoms with Crippen LogP contribution in [0.1, 0.15) is 5.56 Å². The molecule has 2 heterocycles. The van der Waals surface area contributed by atoms with Gasteiger partial charge in [0.25, 0.3) is 11.8 Å². The predicted molar refractivity (Wildman–Crippen MR) is 117 cm³/mol. The first-order valence-corrected chi connectivity index (χ1v) is 9.91. The molecule has 2 saturated heterocycles. The van der Waals surface area contributed by atoms with Crippen molar-refractivity contribution in [3.05, 3.63) is 64.7 Å². The normalized spacial score (nSPS) is 18.9. The Morgan fingerprint density at radius 1 is 0.966 bits per heavy atom. The summed E-state index contributed by atoms with van der Waals surface area (Å²) >= 11 is 11.1. The number of morpholine rings is 1. The first kappa shape index (κ1) is 19.6. The molecule has 2 amide bonds. The van der Waals surface area contributed by atoms with E-state index in [2.05, 4.69) is 10.2 Å². The van der Waals surface area contributed by atoms with E-state index in [1.54, 1.807) is 30.3 Å². The Morgan fingerprint density at radius 3 is 2.24 bits per heavy atom. The molecule has 6 nitrogen and oxygen atoms in total. The van der Waals surface area contributed by atoms with Crippen LogP contribution in [0.25, 0.3) is 6.08 Å². The third kappa shape index (κ3) is 4.17. The van der Waals surface area contributed by atoms with Crippen LogP contribution in [0.15, 0.2) is 54.1 Å². The van der Waals surface area contributed by atoms with Crippen molar-refractivity contribution in [1.29, 1.82) is 0 Å². The third-order valence-electron chi connectivity index (χ3n) is 4.77. The number of nitrogens with zero attached hydrogens (tertiary/aromatic N) is 2. The maximum absolute atomic E-state index is 13.0. The highest BCUT2D eigenvalue weighted by Gasteiger charge is 2.34. The van der Waals surface area contributed by atoms with E-state index in [-0.39, 0.29) is 10.7 Å². The van der Waals surface area contributed by atoms with E-state index >= 15 is 0 Å². The van der Waals surface area contributed by atoms with Gasteiger partial charge in [0.2, 0.25) is 0 Å². The van der Waals surface area contributed by atoms with E-state index in [4.69, 9.17) is 28.6 Å². The Kier molecular flexibility index (Phi) is 5.62. The van der Waals surface area contributed by atoms with Crippen molar-refractivity contribution < 1.29 is 14.3 Å². The minimum Gasteiger partial charge on any atom is -0.378 e. The SMILES string of the molecule is O=C1NC(=S)N(c2ccc(Cl)cc2)C(=O)C1=Cc1ccc(N2CCOCC2)cc1. The Balaban J connectivity index is 1.59. The molecule has 0 spiro atoms. The van der Waals surface area contributed by atoms with E-state index in [9.17, 15) is 9.59 Å². The van der Waals surface area contributed by atoms with Crippen LogP contribution in [0.5, 0.6) is 0 Å². The lowest BCUT2D eigenvalue weighted by atomic mass is 10.1. The number of halogens is 1. The van der Waals surface area contributed by atoms with Crippen LogP contribution in [-0.4, -0.2) is 43.2 Å². The average molecular weight is 428 g/mol. The van der Waals surface area contributed by atoms with Crippen molar-refractivity contribution in [2.75, 3.05) is 36.1 Å². The van der Waals surface area contributed by atoms with Gasteiger partial charge in [0.1, 0.15) is 5.57 Å². The summed E-state index contributed by atoms with van der Waals surface area (Å²) in [6.45, 7) is 3.10. The van der Waals surface area contributed by atoms with E-state index in [0.29, 0.717) is 23.9 Å². The van der Waals surface area contributed by atoms with E-state index < -0.39 is 11.8 Å². The topological polar surface area (TPSA) is 61.9 Å². The largest absolute Gasteiger partial charge is 0.378 e. The monoisotopic (exact) mass is 427 g/mol. The lowest BCUT2D eigenvalue weighted by Crippen LogP contribution is -2.54. The molecular formula is C21H18ClN3O3S. The molecule has 0 unspecified atom stereocenters. The minimum absolute atomic E-state index is 0.0210. The number of nitrogens with one attached hydrogen (secondary N) is 1. The molecule has 4 rings (SSSR count). The van der Waals surface area contributed by atoms with Gasteiger partial charge in [-0.15, -0.1) is 0 Å². The van der Waals surface area contributed by atoms with Crippen molar-refractivity contribution in [3.63, 3.8) is 0 Å². The summed E-state index contributed by atoms with van der Waals surface area (Å²) in [5.74, 6) is -0.985. The van der Waals surface area contributed by atoms with Gasteiger partial charge in [0, 0.05) is 23.8 Å². The molecule has 2 aromatic carbocycles. The number of rotatable bonds is 3. The molecule has 2 fully saturated rings. The summed E-state index contributed by atoms with van der Waals surface area (Å²) in [5, 5.41) is 3.17. The second-order valence-electron chi connectivity index (χ2n) is 6.63. The standard InChI is InChI=1S/C21H18ClN3O3S/c22-15-3-7-17(8-4-15)25-20(27)18(19(26)23-21(25)29)13-14-1-5-16(6-2-14)24-9-11-28-12-10-24/h1-8,13H,9-12H2,(H,23,26,29). The smallest absolute Gasteiger partial charge is 0.270 e. The van der Waals surface area contributed by atoms with E-state index in [1.807, 2.05) is 24.3 Å². The Hall–Kier alpha value is -2.74. The zero-order valence-corrected chi connectivity index (χ0v) is 17.0. The lowest BCUT2D eigenvalue weighted by molar-refractivity contribution is -0.122. The lowest BCUT2D eigenvalue weighted by Gasteiger charge is -2.29. The summed E-state index contributed by atoms with van der Waals surface area (Å²) in [6, 6.07) is 14.4. The van der Waals surface area contributed by atoms with Crippen LogP contribution < -0.4 is 15.1 Å². The predicted octanol–water partition coefficient (Wildman–Crippen LogP) is 3.01. The molecule has 0 bridgehead atoms. The molecular weight excluding hydrogens is 410 g/mol. The van der Waals surface area contributed by atoms with Crippen molar-refractivity contribution >= 4 is 58.2 Å². The van der Waals surface area contributed by atoms with Crippen molar-refractivity contribution in [3.8, 4) is 0 Å². The van der Waals surface area contributed by atoms with E-state index in [0.717, 1.165) is 24.3 Å². The zero-order valence-electron chi connectivity index (χ0n) is 15.4. The molecule has 8 heteroatoms. The molecule has 0 atom stereocenters. The number of anilines is 2. The average Bonchev–Trinajstić information content (AvgIpc) is 2.73. The number of benzene rings is 2. The first-order valence-electron chi connectivity index (χ1n) is 9.13. The Labute approximate surface area is 178 Å². The van der Waals surface area contributed by atoms with Gasteiger partial charge in [-0.25, -0.2) is 0 Å². The maximum Gasteiger partial charge on any atom is 0.270 e. The molecule has 0 radical (unpaired) electrons. The highest BCUT2D eigenvalue weighted by Crippen LogP contribution is 2.24. The van der Waals surface area contributed by atoms with Crippen molar-refractivity contribution in [2.45, 2.75) is 0 Å². The van der Waals surface area contributed by atoms with Gasteiger partial charge < -0.3 is 9.64 Å². The second-order valence-corrected chi connectivity index (χ2v) is 7.45. The highest BCUT2D eigenvalue weighted by molar-refractivity contribution is 7.80. The molecule has 2 aromatic rings. The van der Waals surface area contributed by atoms with Gasteiger partial charge in [-0.1, -0.05) is 23.7 Å². The van der Waals surface area contributed by atoms with Crippen molar-refractivity contribution in [1.82, 2.24) is 5.32 Å². The Bertz CT molecular complexity index is 983. The fraction of sp³-hybridized carbons (Fsp3) is 0.190. The van der Waals surface area contributed by atoms with E-state index in [1.165, 1.54) is 4.90 Å². The number of carbonyl (C=O) groups excluding carboxylic acids is 2. The van der Waals surface area contributed by atoms with Crippen LogP contribution in [0.3, 0.4) is 0 Å². The number of hydrogen-bond donors (Lipinski definition) is 1. The highest BCUT2D eigenvalue weighted by atomic mass is 35.5. The van der Waals surface area contributed by atoms with Gasteiger partial charge >= 0.3 is 0 Å².